The summed E-state index contributed by atoms with van der Waals surface area (Å²) in [6.07, 6.45) is -3.98. The number of rotatable bonds is 2. The number of alkyl halides is 3. The predicted molar refractivity (Wildman–Crippen MR) is 59.1 cm³/mol. The number of ether oxygens (including phenoxy) is 1. The van der Waals surface area contributed by atoms with Crippen molar-refractivity contribution in [3.63, 3.8) is 0 Å². The van der Waals surface area contributed by atoms with Crippen LogP contribution in [-0.4, -0.2) is 16.3 Å². The van der Waals surface area contributed by atoms with Gasteiger partial charge in [-0.05, 0) is 23.7 Å². The summed E-state index contributed by atoms with van der Waals surface area (Å²) in [5.74, 6) is -1.27. The van der Waals surface area contributed by atoms with Crippen LogP contribution in [0.2, 0.25) is 5.28 Å². The summed E-state index contributed by atoms with van der Waals surface area (Å²) >= 11 is 5.51. The first-order chi connectivity index (χ1) is 8.85. The molecule has 0 saturated carbocycles. The van der Waals surface area contributed by atoms with Crippen molar-refractivity contribution < 1.29 is 22.3 Å². The predicted octanol–water partition coefficient (Wildman–Crippen LogP) is 3.83. The number of halogens is 5. The van der Waals surface area contributed by atoms with Gasteiger partial charge in [-0.3, -0.25) is 0 Å². The van der Waals surface area contributed by atoms with Crippen LogP contribution in [0.3, 0.4) is 0 Å². The van der Waals surface area contributed by atoms with E-state index in [0.717, 1.165) is 18.3 Å². The average molecular weight is 293 g/mol. The number of hydrogen-bond donors (Lipinski definition) is 0. The summed E-state index contributed by atoms with van der Waals surface area (Å²) in [7, 11) is 0. The van der Waals surface area contributed by atoms with E-state index in [0.29, 0.717) is 0 Å². The number of hydrogen-bond acceptors (Lipinski definition) is 3. The summed E-state index contributed by atoms with van der Waals surface area (Å²) < 4.78 is 53.4. The SMILES string of the molecule is Fc1cnc(Cl)nc1-c1cccc(OC(F)(F)F)c1. The van der Waals surface area contributed by atoms with Gasteiger partial charge in [0.25, 0.3) is 0 Å². The lowest BCUT2D eigenvalue weighted by atomic mass is 10.1. The van der Waals surface area contributed by atoms with Crippen LogP contribution < -0.4 is 4.74 Å². The van der Waals surface area contributed by atoms with E-state index < -0.39 is 17.9 Å². The molecule has 1 aromatic heterocycles. The highest BCUT2D eigenvalue weighted by Gasteiger charge is 2.31. The van der Waals surface area contributed by atoms with Crippen molar-refractivity contribution in [3.05, 3.63) is 41.6 Å². The van der Waals surface area contributed by atoms with Gasteiger partial charge < -0.3 is 4.74 Å². The van der Waals surface area contributed by atoms with E-state index in [-0.39, 0.29) is 16.5 Å². The standard InChI is InChI=1S/C11H5ClF4N2O/c12-10-17-5-8(13)9(18-10)6-2-1-3-7(4-6)19-11(14,15)16/h1-5H. The van der Waals surface area contributed by atoms with E-state index in [1.807, 2.05) is 0 Å². The maximum atomic E-state index is 13.5. The first kappa shape index (κ1) is 13.5. The molecular weight excluding hydrogens is 288 g/mol. The number of aromatic nitrogens is 2. The number of benzene rings is 1. The Morgan fingerprint density at radius 1 is 1.21 bits per heavy atom. The van der Waals surface area contributed by atoms with Crippen LogP contribution in [0.5, 0.6) is 5.75 Å². The Bertz CT molecular complexity index is 603. The molecular formula is C11H5ClF4N2O. The largest absolute Gasteiger partial charge is 0.573 e. The molecule has 3 nitrogen and oxygen atoms in total. The van der Waals surface area contributed by atoms with E-state index >= 15 is 0 Å². The molecule has 0 radical (unpaired) electrons. The van der Waals surface area contributed by atoms with Crippen LogP contribution >= 0.6 is 11.6 Å². The Balaban J connectivity index is 2.40. The fourth-order valence-electron chi connectivity index (χ4n) is 1.39. The molecule has 2 aromatic rings. The monoisotopic (exact) mass is 292 g/mol. The maximum Gasteiger partial charge on any atom is 0.573 e. The third-order valence-corrected chi connectivity index (χ3v) is 2.24. The molecule has 100 valence electrons. The topological polar surface area (TPSA) is 35.0 Å². The van der Waals surface area contributed by atoms with Gasteiger partial charge in [-0.1, -0.05) is 12.1 Å². The van der Waals surface area contributed by atoms with Gasteiger partial charge in [0, 0.05) is 5.56 Å². The third kappa shape index (κ3) is 3.54. The second-order valence-corrected chi connectivity index (χ2v) is 3.75. The molecule has 1 aromatic carbocycles. The van der Waals surface area contributed by atoms with Crippen molar-refractivity contribution in [2.45, 2.75) is 6.36 Å². The molecule has 0 atom stereocenters. The summed E-state index contributed by atoms with van der Waals surface area (Å²) in [4.78, 5) is 7.04. The quantitative estimate of drug-likeness (QED) is 0.623. The maximum absolute atomic E-state index is 13.5. The van der Waals surface area contributed by atoms with Gasteiger partial charge in [-0.25, -0.2) is 14.4 Å². The third-order valence-electron chi connectivity index (χ3n) is 2.06. The minimum absolute atomic E-state index is 0.101. The molecule has 0 spiro atoms. The molecule has 0 aliphatic heterocycles. The lowest BCUT2D eigenvalue weighted by Crippen LogP contribution is -2.17. The van der Waals surface area contributed by atoms with E-state index in [9.17, 15) is 17.6 Å². The highest BCUT2D eigenvalue weighted by molar-refractivity contribution is 6.28. The molecule has 0 fully saturated rings. The van der Waals surface area contributed by atoms with Crippen LogP contribution in [0.15, 0.2) is 30.5 Å². The Morgan fingerprint density at radius 2 is 1.95 bits per heavy atom. The van der Waals surface area contributed by atoms with Crippen molar-refractivity contribution in [2.24, 2.45) is 0 Å². The van der Waals surface area contributed by atoms with Crippen LogP contribution in [0, 0.1) is 5.82 Å². The van der Waals surface area contributed by atoms with Crippen molar-refractivity contribution in [3.8, 4) is 17.0 Å². The molecule has 8 heteroatoms. The lowest BCUT2D eigenvalue weighted by Gasteiger charge is -2.10. The van der Waals surface area contributed by atoms with Gasteiger partial charge in [-0.2, -0.15) is 0 Å². The van der Waals surface area contributed by atoms with Gasteiger partial charge in [0.1, 0.15) is 11.4 Å². The highest BCUT2D eigenvalue weighted by Crippen LogP contribution is 2.28. The van der Waals surface area contributed by atoms with E-state index in [2.05, 4.69) is 14.7 Å². The van der Waals surface area contributed by atoms with Crippen molar-refractivity contribution >= 4 is 11.6 Å². The highest BCUT2D eigenvalue weighted by atomic mass is 35.5. The average Bonchev–Trinajstić information content (AvgIpc) is 2.30. The van der Waals surface area contributed by atoms with E-state index in [4.69, 9.17) is 11.6 Å². The van der Waals surface area contributed by atoms with Crippen molar-refractivity contribution in [1.82, 2.24) is 9.97 Å². The molecule has 0 saturated heterocycles. The van der Waals surface area contributed by atoms with Crippen LogP contribution in [0.25, 0.3) is 11.3 Å². The molecule has 0 bridgehead atoms. The van der Waals surface area contributed by atoms with E-state index in [1.54, 1.807) is 0 Å². The zero-order valence-electron chi connectivity index (χ0n) is 9.08. The summed E-state index contributed by atoms with van der Waals surface area (Å²) in [5.41, 5.74) is -0.101. The minimum Gasteiger partial charge on any atom is -0.406 e. The normalized spacial score (nSPS) is 11.4. The van der Waals surface area contributed by atoms with Gasteiger partial charge in [0.05, 0.1) is 6.20 Å². The second kappa shape index (κ2) is 5.00. The lowest BCUT2D eigenvalue weighted by molar-refractivity contribution is -0.274. The second-order valence-electron chi connectivity index (χ2n) is 3.41. The molecule has 1 heterocycles. The van der Waals surface area contributed by atoms with Crippen LogP contribution in [-0.2, 0) is 0 Å². The van der Waals surface area contributed by atoms with Gasteiger partial charge in [-0.15, -0.1) is 13.2 Å². The fraction of sp³-hybridized carbons (Fsp3) is 0.0909. The van der Waals surface area contributed by atoms with Crippen LogP contribution in [0.1, 0.15) is 0 Å². The van der Waals surface area contributed by atoms with Gasteiger partial charge in [0.2, 0.25) is 5.28 Å². The summed E-state index contributed by atoms with van der Waals surface area (Å²) in [6, 6.07) is 4.77. The van der Waals surface area contributed by atoms with E-state index in [1.165, 1.54) is 12.1 Å². The first-order valence-corrected chi connectivity index (χ1v) is 5.27. The smallest absolute Gasteiger partial charge is 0.406 e. The first-order valence-electron chi connectivity index (χ1n) is 4.89. The molecule has 19 heavy (non-hydrogen) atoms. The molecule has 0 N–H and O–H groups in total. The Kier molecular flexibility index (Phi) is 3.57. The minimum atomic E-state index is -4.82. The zero-order chi connectivity index (χ0) is 14.0. The molecule has 0 unspecified atom stereocenters. The molecule has 0 aliphatic rings. The molecule has 0 amide bonds. The number of nitrogens with zero attached hydrogens (tertiary/aromatic N) is 2. The zero-order valence-corrected chi connectivity index (χ0v) is 9.84. The van der Waals surface area contributed by atoms with Gasteiger partial charge >= 0.3 is 6.36 Å². The molecule has 0 aliphatic carbocycles. The Labute approximate surface area is 109 Å². The Hall–Kier alpha value is -1.89. The summed E-state index contributed by atoms with van der Waals surface area (Å²) in [5, 5.41) is -0.210. The van der Waals surface area contributed by atoms with Gasteiger partial charge in [0.15, 0.2) is 5.82 Å². The van der Waals surface area contributed by atoms with Crippen molar-refractivity contribution in [2.75, 3.05) is 0 Å². The van der Waals surface area contributed by atoms with Crippen LogP contribution in [0.4, 0.5) is 17.6 Å². The summed E-state index contributed by atoms with van der Waals surface area (Å²) in [6.45, 7) is 0. The fourth-order valence-corrected chi connectivity index (χ4v) is 1.52. The Morgan fingerprint density at radius 3 is 2.63 bits per heavy atom. The molecule has 2 rings (SSSR count). The van der Waals surface area contributed by atoms with Crippen molar-refractivity contribution in [1.29, 1.82) is 0 Å².